The van der Waals surface area contributed by atoms with Gasteiger partial charge < -0.3 is 15.4 Å². The quantitative estimate of drug-likeness (QED) is 0.674. The lowest BCUT2D eigenvalue weighted by Crippen LogP contribution is -2.43. The van der Waals surface area contributed by atoms with Crippen molar-refractivity contribution in [2.75, 3.05) is 19.6 Å². The number of Topliss-reactive ketones (excluding diaryl/α,β-unsaturated/α-hetero) is 1. The third kappa shape index (κ3) is 4.72. The van der Waals surface area contributed by atoms with Crippen molar-refractivity contribution in [2.24, 2.45) is 5.73 Å². The van der Waals surface area contributed by atoms with Crippen LogP contribution in [0.3, 0.4) is 0 Å². The number of unbranched alkanes of at least 4 members (excludes halogenated alkanes) is 1. The smallest absolute Gasteiger partial charge is 0.129 e. The van der Waals surface area contributed by atoms with E-state index in [2.05, 4.69) is 4.90 Å². The van der Waals surface area contributed by atoms with Crippen LogP contribution in [0.5, 0.6) is 0 Å². The second-order valence-corrected chi connectivity index (χ2v) is 4.36. The molecule has 1 rings (SSSR count). The Balaban J connectivity index is 2.03. The summed E-state index contributed by atoms with van der Waals surface area (Å²) in [6, 6.07) is 0.372. The lowest BCUT2D eigenvalue weighted by molar-refractivity contribution is -0.117. The maximum atomic E-state index is 10.7. The minimum Gasteiger partial charge on any atom is -0.327 e. The molecule has 1 fully saturated rings. The summed E-state index contributed by atoms with van der Waals surface area (Å²) in [4.78, 5) is 13.1. The summed E-state index contributed by atoms with van der Waals surface area (Å²) in [6.07, 6.45) is 5.30. The van der Waals surface area contributed by atoms with E-state index < -0.39 is 0 Å². The van der Waals surface area contributed by atoms with Gasteiger partial charge in [-0.05, 0) is 45.7 Å². The molecule has 1 aliphatic heterocycles. The minimum atomic E-state index is 0.306. The number of nitrogens with zero attached hydrogens (tertiary/aromatic N) is 1. The van der Waals surface area contributed by atoms with Crippen LogP contribution in [0.1, 0.15) is 39.0 Å². The van der Waals surface area contributed by atoms with Gasteiger partial charge in [0.05, 0.1) is 0 Å². The van der Waals surface area contributed by atoms with Crippen molar-refractivity contribution < 1.29 is 4.79 Å². The molecule has 0 radical (unpaired) electrons. The number of hydrogen-bond donors (Lipinski definition) is 1. The average molecular weight is 198 g/mol. The van der Waals surface area contributed by atoms with E-state index in [1.54, 1.807) is 6.92 Å². The molecule has 82 valence electrons. The third-order valence-corrected chi connectivity index (χ3v) is 2.80. The number of nitrogens with two attached hydrogens (primary N) is 1. The SMILES string of the molecule is CC(=O)CCCCN1CCCC(N)C1. The van der Waals surface area contributed by atoms with Crippen molar-refractivity contribution in [2.45, 2.75) is 45.1 Å². The highest BCUT2D eigenvalue weighted by Crippen LogP contribution is 2.09. The van der Waals surface area contributed by atoms with E-state index in [-0.39, 0.29) is 0 Å². The topological polar surface area (TPSA) is 46.3 Å². The van der Waals surface area contributed by atoms with Gasteiger partial charge in [-0.25, -0.2) is 0 Å². The maximum Gasteiger partial charge on any atom is 0.129 e. The molecular formula is C11H22N2O. The second-order valence-electron chi connectivity index (χ2n) is 4.36. The summed E-state index contributed by atoms with van der Waals surface area (Å²) in [5, 5.41) is 0. The third-order valence-electron chi connectivity index (χ3n) is 2.80. The molecule has 0 bridgehead atoms. The van der Waals surface area contributed by atoms with Crippen molar-refractivity contribution in [3.05, 3.63) is 0 Å². The lowest BCUT2D eigenvalue weighted by atomic mass is 10.1. The van der Waals surface area contributed by atoms with Gasteiger partial charge in [-0.3, -0.25) is 0 Å². The molecule has 2 N–H and O–H groups in total. The zero-order chi connectivity index (χ0) is 10.4. The van der Waals surface area contributed by atoms with Gasteiger partial charge in [-0.2, -0.15) is 0 Å². The molecule has 0 amide bonds. The molecule has 1 saturated heterocycles. The largest absolute Gasteiger partial charge is 0.327 e. The van der Waals surface area contributed by atoms with Crippen molar-refractivity contribution in [1.29, 1.82) is 0 Å². The van der Waals surface area contributed by atoms with Gasteiger partial charge in [0.1, 0.15) is 5.78 Å². The number of ketones is 1. The second kappa shape index (κ2) is 6.14. The highest BCUT2D eigenvalue weighted by molar-refractivity contribution is 5.75. The number of likely N-dealkylation sites (tertiary alicyclic amines) is 1. The van der Waals surface area contributed by atoms with E-state index in [0.29, 0.717) is 11.8 Å². The molecule has 3 nitrogen and oxygen atoms in total. The summed E-state index contributed by atoms with van der Waals surface area (Å²) >= 11 is 0. The fourth-order valence-electron chi connectivity index (χ4n) is 2.00. The highest BCUT2D eigenvalue weighted by Gasteiger charge is 2.15. The minimum absolute atomic E-state index is 0.306. The van der Waals surface area contributed by atoms with E-state index in [1.165, 1.54) is 19.4 Å². The Morgan fingerprint density at radius 1 is 1.50 bits per heavy atom. The van der Waals surface area contributed by atoms with Gasteiger partial charge in [-0.1, -0.05) is 0 Å². The molecule has 1 heterocycles. The van der Waals surface area contributed by atoms with Crippen LogP contribution < -0.4 is 5.73 Å². The zero-order valence-electron chi connectivity index (χ0n) is 9.17. The van der Waals surface area contributed by atoms with Crippen molar-refractivity contribution in [3.8, 4) is 0 Å². The number of carbonyl (C=O) groups is 1. The Hall–Kier alpha value is -0.410. The molecule has 0 spiro atoms. The summed E-state index contributed by atoms with van der Waals surface area (Å²) < 4.78 is 0. The Bertz CT molecular complexity index is 182. The van der Waals surface area contributed by atoms with Crippen LogP contribution in [-0.2, 0) is 4.79 Å². The van der Waals surface area contributed by atoms with E-state index in [4.69, 9.17) is 5.73 Å². The molecule has 0 saturated carbocycles. The van der Waals surface area contributed by atoms with E-state index >= 15 is 0 Å². The van der Waals surface area contributed by atoms with Gasteiger partial charge in [0.25, 0.3) is 0 Å². The molecule has 0 aliphatic carbocycles. The molecule has 3 heteroatoms. The van der Waals surface area contributed by atoms with Gasteiger partial charge in [-0.15, -0.1) is 0 Å². The van der Waals surface area contributed by atoms with Crippen LogP contribution in [-0.4, -0.2) is 36.4 Å². The first-order valence-corrected chi connectivity index (χ1v) is 5.66. The highest BCUT2D eigenvalue weighted by atomic mass is 16.1. The van der Waals surface area contributed by atoms with Gasteiger partial charge >= 0.3 is 0 Å². The predicted octanol–water partition coefficient (Wildman–Crippen LogP) is 1.17. The van der Waals surface area contributed by atoms with Crippen LogP contribution in [0.2, 0.25) is 0 Å². The zero-order valence-corrected chi connectivity index (χ0v) is 9.17. The Kier molecular flexibility index (Phi) is 5.12. The molecule has 1 atom stereocenters. The van der Waals surface area contributed by atoms with Crippen LogP contribution >= 0.6 is 0 Å². The average Bonchev–Trinajstić information content (AvgIpc) is 2.12. The number of hydrogen-bond acceptors (Lipinski definition) is 3. The number of piperidine rings is 1. The Morgan fingerprint density at radius 2 is 2.29 bits per heavy atom. The molecule has 0 aromatic rings. The predicted molar refractivity (Wildman–Crippen MR) is 58.2 cm³/mol. The fourth-order valence-corrected chi connectivity index (χ4v) is 2.00. The molecule has 0 aromatic carbocycles. The van der Waals surface area contributed by atoms with Crippen molar-refractivity contribution >= 4 is 5.78 Å². The molecule has 1 unspecified atom stereocenters. The van der Waals surface area contributed by atoms with Crippen LogP contribution in [0, 0.1) is 0 Å². The molecule has 0 aromatic heterocycles. The number of rotatable bonds is 5. The van der Waals surface area contributed by atoms with Gasteiger partial charge in [0, 0.05) is 19.0 Å². The van der Waals surface area contributed by atoms with Crippen LogP contribution in [0.25, 0.3) is 0 Å². The maximum absolute atomic E-state index is 10.7. The van der Waals surface area contributed by atoms with Crippen LogP contribution in [0.15, 0.2) is 0 Å². The molecular weight excluding hydrogens is 176 g/mol. The van der Waals surface area contributed by atoms with Gasteiger partial charge in [0.2, 0.25) is 0 Å². The lowest BCUT2D eigenvalue weighted by Gasteiger charge is -2.30. The summed E-state index contributed by atoms with van der Waals surface area (Å²) in [5.41, 5.74) is 5.88. The van der Waals surface area contributed by atoms with Crippen molar-refractivity contribution in [3.63, 3.8) is 0 Å². The van der Waals surface area contributed by atoms with E-state index in [1.807, 2.05) is 0 Å². The first-order valence-electron chi connectivity index (χ1n) is 5.66. The Morgan fingerprint density at radius 3 is 2.93 bits per heavy atom. The summed E-state index contributed by atoms with van der Waals surface area (Å²) in [6.45, 7) is 5.01. The molecule has 1 aliphatic rings. The Labute approximate surface area is 86.6 Å². The van der Waals surface area contributed by atoms with Crippen molar-refractivity contribution in [1.82, 2.24) is 4.90 Å². The molecule has 14 heavy (non-hydrogen) atoms. The summed E-state index contributed by atoms with van der Waals surface area (Å²) in [7, 11) is 0. The summed E-state index contributed by atoms with van der Waals surface area (Å²) in [5.74, 6) is 0.306. The van der Waals surface area contributed by atoms with Gasteiger partial charge in [0.15, 0.2) is 0 Å². The fraction of sp³-hybridized carbons (Fsp3) is 0.909. The van der Waals surface area contributed by atoms with E-state index in [9.17, 15) is 4.79 Å². The van der Waals surface area contributed by atoms with E-state index in [0.717, 1.165) is 32.4 Å². The first-order chi connectivity index (χ1) is 6.68. The first kappa shape index (κ1) is 11.7. The van der Waals surface area contributed by atoms with Crippen LogP contribution in [0.4, 0.5) is 0 Å². The standard InChI is InChI=1S/C11H22N2O/c1-10(14)5-2-3-7-13-8-4-6-11(12)9-13/h11H,2-9,12H2,1H3. The monoisotopic (exact) mass is 198 g/mol. The number of carbonyl (C=O) groups excluding carboxylic acids is 1. The normalized spacial score (nSPS) is 23.7.